The first-order chi connectivity index (χ1) is 8.28. The Balaban J connectivity index is 2.31. The van der Waals surface area contributed by atoms with E-state index in [0.29, 0.717) is 13.1 Å². The van der Waals surface area contributed by atoms with E-state index >= 15 is 0 Å². The molecule has 1 atom stereocenters. The second-order valence-corrected chi connectivity index (χ2v) is 5.56. The number of hydrogen-bond acceptors (Lipinski definition) is 3. The predicted molar refractivity (Wildman–Crippen MR) is 64.8 cm³/mol. The summed E-state index contributed by atoms with van der Waals surface area (Å²) >= 11 is 0. The minimum Gasteiger partial charge on any atom is -0.444 e. The zero-order chi connectivity index (χ0) is 13.8. The fourth-order valence-electron chi connectivity index (χ4n) is 2.06. The Morgan fingerprint density at radius 2 is 2.17 bits per heavy atom. The summed E-state index contributed by atoms with van der Waals surface area (Å²) < 4.78 is 29.8. The molecule has 0 aromatic rings. The number of hydrogen-bond donors (Lipinski definition) is 1. The van der Waals surface area contributed by atoms with Crippen LogP contribution in [0.15, 0.2) is 0 Å². The fourth-order valence-corrected chi connectivity index (χ4v) is 2.06. The molecule has 1 N–H and O–H groups in total. The highest BCUT2D eigenvalue weighted by Gasteiger charge is 2.27. The largest absolute Gasteiger partial charge is 0.444 e. The number of nitrogens with zero attached hydrogens (tertiary/aromatic N) is 1. The predicted octanol–water partition coefficient (Wildman–Crippen LogP) is 2.24. The molecule has 0 saturated carbocycles. The number of alkyl halides is 2. The summed E-state index contributed by atoms with van der Waals surface area (Å²) in [5, 5.41) is 2.64. The van der Waals surface area contributed by atoms with Crippen molar-refractivity contribution in [2.75, 3.05) is 19.6 Å². The van der Waals surface area contributed by atoms with Gasteiger partial charge in [0.15, 0.2) is 0 Å². The molecule has 1 amide bonds. The highest BCUT2D eigenvalue weighted by atomic mass is 19.3. The Bertz CT molecular complexity index is 280. The van der Waals surface area contributed by atoms with E-state index in [9.17, 15) is 13.6 Å². The SMILES string of the molecule is CC(C)(C)OC(=O)NC[C@@H]1CCCN1CC(F)F. The van der Waals surface area contributed by atoms with Gasteiger partial charge in [-0.1, -0.05) is 0 Å². The first-order valence-electron chi connectivity index (χ1n) is 6.27. The normalized spacial score (nSPS) is 21.3. The molecule has 106 valence electrons. The summed E-state index contributed by atoms with van der Waals surface area (Å²) in [6.07, 6.45) is -1.09. The van der Waals surface area contributed by atoms with Gasteiger partial charge in [0.05, 0.1) is 6.54 Å². The second-order valence-electron chi connectivity index (χ2n) is 5.56. The Hall–Kier alpha value is -0.910. The van der Waals surface area contributed by atoms with E-state index in [0.717, 1.165) is 12.8 Å². The molecule has 0 aromatic heterocycles. The van der Waals surface area contributed by atoms with Gasteiger partial charge in [0, 0.05) is 12.6 Å². The molecule has 1 rings (SSSR count). The van der Waals surface area contributed by atoms with Gasteiger partial charge in [-0.15, -0.1) is 0 Å². The maximum absolute atomic E-state index is 12.3. The maximum Gasteiger partial charge on any atom is 0.407 e. The standard InChI is InChI=1S/C12H22F2N2O2/c1-12(2,3)18-11(17)15-7-9-5-4-6-16(9)8-10(13)14/h9-10H,4-8H2,1-3H3,(H,15,17)/t9-/m0/s1. The van der Waals surface area contributed by atoms with Crippen molar-refractivity contribution in [1.29, 1.82) is 0 Å². The molecule has 6 heteroatoms. The average molecular weight is 264 g/mol. The number of likely N-dealkylation sites (tertiary alicyclic amines) is 1. The van der Waals surface area contributed by atoms with Crippen LogP contribution in [0.3, 0.4) is 0 Å². The Kier molecular flexibility index (Phi) is 5.31. The van der Waals surface area contributed by atoms with Crippen LogP contribution in [0.5, 0.6) is 0 Å². The lowest BCUT2D eigenvalue weighted by atomic mass is 10.2. The lowest BCUT2D eigenvalue weighted by Gasteiger charge is -2.25. The van der Waals surface area contributed by atoms with Crippen LogP contribution >= 0.6 is 0 Å². The van der Waals surface area contributed by atoms with Crippen molar-refractivity contribution in [2.24, 2.45) is 0 Å². The minimum absolute atomic E-state index is 0.00785. The molecule has 0 aromatic carbocycles. The Labute approximate surface area is 107 Å². The Morgan fingerprint density at radius 3 is 2.72 bits per heavy atom. The summed E-state index contributed by atoms with van der Waals surface area (Å²) in [6, 6.07) is -0.00785. The molecule has 0 spiro atoms. The van der Waals surface area contributed by atoms with Crippen LogP contribution in [0, 0.1) is 0 Å². The zero-order valence-electron chi connectivity index (χ0n) is 11.2. The van der Waals surface area contributed by atoms with Crippen LogP contribution in [-0.4, -0.2) is 48.7 Å². The van der Waals surface area contributed by atoms with E-state index in [4.69, 9.17) is 4.74 Å². The number of amides is 1. The number of carbonyl (C=O) groups excluding carboxylic acids is 1. The van der Waals surface area contributed by atoms with Crippen LogP contribution < -0.4 is 5.32 Å². The van der Waals surface area contributed by atoms with Crippen LogP contribution in [-0.2, 0) is 4.74 Å². The van der Waals surface area contributed by atoms with E-state index in [2.05, 4.69) is 5.32 Å². The summed E-state index contributed by atoms with van der Waals surface area (Å²) in [6.45, 7) is 6.16. The van der Waals surface area contributed by atoms with Gasteiger partial charge in [0.25, 0.3) is 6.43 Å². The minimum atomic E-state index is -2.33. The topological polar surface area (TPSA) is 41.6 Å². The monoisotopic (exact) mass is 264 g/mol. The van der Waals surface area contributed by atoms with Crippen molar-refractivity contribution in [1.82, 2.24) is 10.2 Å². The van der Waals surface area contributed by atoms with Gasteiger partial charge in [0.1, 0.15) is 5.60 Å². The lowest BCUT2D eigenvalue weighted by Crippen LogP contribution is -2.43. The number of carbonyl (C=O) groups is 1. The molecule has 1 fully saturated rings. The van der Waals surface area contributed by atoms with E-state index < -0.39 is 18.1 Å². The Morgan fingerprint density at radius 1 is 1.50 bits per heavy atom. The van der Waals surface area contributed by atoms with E-state index in [1.807, 2.05) is 0 Å². The van der Waals surface area contributed by atoms with Gasteiger partial charge < -0.3 is 10.1 Å². The molecule has 0 radical (unpaired) electrons. The molecule has 4 nitrogen and oxygen atoms in total. The van der Waals surface area contributed by atoms with Gasteiger partial charge in [0.2, 0.25) is 0 Å². The van der Waals surface area contributed by atoms with Gasteiger partial charge >= 0.3 is 6.09 Å². The molecule has 1 heterocycles. The highest BCUT2D eigenvalue weighted by molar-refractivity contribution is 5.67. The van der Waals surface area contributed by atoms with Crippen molar-refractivity contribution < 1.29 is 18.3 Å². The van der Waals surface area contributed by atoms with Gasteiger partial charge in [-0.25, -0.2) is 13.6 Å². The molecule has 1 aliphatic heterocycles. The first-order valence-corrected chi connectivity index (χ1v) is 6.27. The number of ether oxygens (including phenoxy) is 1. The van der Waals surface area contributed by atoms with Crippen LogP contribution in [0.4, 0.5) is 13.6 Å². The zero-order valence-corrected chi connectivity index (χ0v) is 11.2. The molecular weight excluding hydrogens is 242 g/mol. The van der Waals surface area contributed by atoms with E-state index in [-0.39, 0.29) is 12.6 Å². The van der Waals surface area contributed by atoms with E-state index in [1.54, 1.807) is 25.7 Å². The third kappa shape index (κ3) is 5.62. The third-order valence-corrected chi connectivity index (χ3v) is 2.75. The van der Waals surface area contributed by atoms with Crippen LogP contribution in [0.1, 0.15) is 33.6 Å². The maximum atomic E-state index is 12.3. The average Bonchev–Trinajstić information content (AvgIpc) is 2.58. The van der Waals surface area contributed by atoms with E-state index in [1.165, 1.54) is 0 Å². The quantitative estimate of drug-likeness (QED) is 0.846. The molecule has 1 aliphatic rings. The molecule has 0 aliphatic carbocycles. The fraction of sp³-hybridized carbons (Fsp3) is 0.917. The molecule has 0 unspecified atom stereocenters. The first kappa shape index (κ1) is 15.1. The number of halogens is 2. The van der Waals surface area contributed by atoms with Crippen molar-refractivity contribution in [3.8, 4) is 0 Å². The van der Waals surface area contributed by atoms with Gasteiger partial charge in [-0.2, -0.15) is 0 Å². The summed E-state index contributed by atoms with van der Waals surface area (Å²) in [4.78, 5) is 13.2. The lowest BCUT2D eigenvalue weighted by molar-refractivity contribution is 0.0495. The molecule has 0 bridgehead atoms. The summed E-state index contributed by atoms with van der Waals surface area (Å²) in [7, 11) is 0. The van der Waals surface area contributed by atoms with Crippen molar-refractivity contribution in [2.45, 2.75) is 51.7 Å². The number of nitrogens with one attached hydrogen (secondary N) is 1. The summed E-state index contributed by atoms with van der Waals surface area (Å²) in [5.41, 5.74) is -0.539. The van der Waals surface area contributed by atoms with Crippen LogP contribution in [0.25, 0.3) is 0 Å². The third-order valence-electron chi connectivity index (χ3n) is 2.75. The second kappa shape index (κ2) is 6.31. The van der Waals surface area contributed by atoms with Crippen molar-refractivity contribution in [3.05, 3.63) is 0 Å². The van der Waals surface area contributed by atoms with Crippen molar-refractivity contribution in [3.63, 3.8) is 0 Å². The molecule has 1 saturated heterocycles. The smallest absolute Gasteiger partial charge is 0.407 e. The van der Waals surface area contributed by atoms with Crippen LogP contribution in [0.2, 0.25) is 0 Å². The van der Waals surface area contributed by atoms with Crippen molar-refractivity contribution >= 4 is 6.09 Å². The highest BCUT2D eigenvalue weighted by Crippen LogP contribution is 2.17. The molecular formula is C12H22F2N2O2. The number of alkyl carbamates (subject to hydrolysis) is 1. The summed E-state index contributed by atoms with van der Waals surface area (Å²) in [5.74, 6) is 0. The van der Waals surface area contributed by atoms with Gasteiger partial charge in [-0.3, -0.25) is 4.90 Å². The van der Waals surface area contributed by atoms with Gasteiger partial charge in [-0.05, 0) is 40.2 Å². The number of rotatable bonds is 4. The molecule has 18 heavy (non-hydrogen) atoms.